The summed E-state index contributed by atoms with van der Waals surface area (Å²) in [6, 6.07) is 8.28. The summed E-state index contributed by atoms with van der Waals surface area (Å²) in [5.41, 5.74) is 2.03. The maximum Gasteiger partial charge on any atom is 0.102 e. The number of anilines is 1. The molecule has 0 bridgehead atoms. The number of thioether (sulfide) groups is 1. The molecule has 0 saturated carbocycles. The second kappa shape index (κ2) is 7.91. The van der Waals surface area contributed by atoms with Crippen LogP contribution in [-0.2, 0) is 13.1 Å². The minimum absolute atomic E-state index is 0.176. The van der Waals surface area contributed by atoms with Gasteiger partial charge in [-0.05, 0) is 24.3 Å². The third-order valence-electron chi connectivity index (χ3n) is 2.78. The average molecular weight is 292 g/mol. The van der Waals surface area contributed by atoms with Gasteiger partial charge in [-0.15, -0.1) is 16.9 Å². The SMILES string of the molecule is CCSc1ccccc1NCc1cn(CCCO)nn1. The van der Waals surface area contributed by atoms with E-state index in [9.17, 15) is 0 Å². The summed E-state index contributed by atoms with van der Waals surface area (Å²) in [4.78, 5) is 1.25. The summed E-state index contributed by atoms with van der Waals surface area (Å²) >= 11 is 1.82. The first-order valence-corrected chi connectivity index (χ1v) is 7.77. The van der Waals surface area contributed by atoms with Gasteiger partial charge in [-0.25, -0.2) is 0 Å². The van der Waals surface area contributed by atoms with Crippen LogP contribution in [0.3, 0.4) is 0 Å². The van der Waals surface area contributed by atoms with Gasteiger partial charge in [0, 0.05) is 23.7 Å². The molecule has 0 saturated heterocycles. The van der Waals surface area contributed by atoms with Crippen molar-refractivity contribution in [3.05, 3.63) is 36.2 Å². The van der Waals surface area contributed by atoms with E-state index in [4.69, 9.17) is 5.11 Å². The van der Waals surface area contributed by atoms with E-state index in [2.05, 4.69) is 34.7 Å². The maximum absolute atomic E-state index is 8.79. The van der Waals surface area contributed by atoms with Crippen molar-refractivity contribution in [1.29, 1.82) is 0 Å². The monoisotopic (exact) mass is 292 g/mol. The fraction of sp³-hybridized carbons (Fsp3) is 0.429. The van der Waals surface area contributed by atoms with Crippen molar-refractivity contribution in [3.63, 3.8) is 0 Å². The summed E-state index contributed by atoms with van der Waals surface area (Å²) in [6.07, 6.45) is 2.62. The van der Waals surface area contributed by atoms with Crippen LogP contribution in [0.2, 0.25) is 0 Å². The number of hydrogen-bond acceptors (Lipinski definition) is 5. The summed E-state index contributed by atoms with van der Waals surface area (Å²) in [5, 5.41) is 20.3. The number of rotatable bonds is 8. The molecule has 0 aliphatic heterocycles. The number of hydrogen-bond donors (Lipinski definition) is 2. The van der Waals surface area contributed by atoms with Crippen LogP contribution in [0, 0.1) is 0 Å². The molecule has 1 heterocycles. The summed E-state index contributed by atoms with van der Waals surface area (Å²) in [6.45, 7) is 3.68. The van der Waals surface area contributed by atoms with Crippen molar-refractivity contribution >= 4 is 17.4 Å². The predicted molar refractivity (Wildman–Crippen MR) is 81.9 cm³/mol. The number of nitrogens with zero attached hydrogens (tertiary/aromatic N) is 3. The van der Waals surface area contributed by atoms with Gasteiger partial charge < -0.3 is 10.4 Å². The van der Waals surface area contributed by atoms with Gasteiger partial charge in [0.2, 0.25) is 0 Å². The third-order valence-corrected chi connectivity index (χ3v) is 3.73. The normalized spacial score (nSPS) is 10.7. The van der Waals surface area contributed by atoms with E-state index < -0.39 is 0 Å². The molecule has 1 aromatic carbocycles. The Hall–Kier alpha value is -1.53. The van der Waals surface area contributed by atoms with Crippen molar-refractivity contribution in [3.8, 4) is 0 Å². The standard InChI is InChI=1S/C14H20N4OS/c1-2-20-14-7-4-3-6-13(14)15-10-12-11-18(17-16-12)8-5-9-19/h3-4,6-7,11,15,19H,2,5,8-10H2,1H3. The quantitative estimate of drug-likeness (QED) is 0.731. The van der Waals surface area contributed by atoms with Crippen molar-refractivity contribution in [2.45, 2.75) is 31.3 Å². The Morgan fingerprint density at radius 1 is 1.35 bits per heavy atom. The molecule has 20 heavy (non-hydrogen) atoms. The van der Waals surface area contributed by atoms with E-state index in [-0.39, 0.29) is 6.61 Å². The van der Waals surface area contributed by atoms with Crippen molar-refractivity contribution in [1.82, 2.24) is 15.0 Å². The highest BCUT2D eigenvalue weighted by atomic mass is 32.2. The van der Waals surface area contributed by atoms with E-state index in [0.717, 1.165) is 17.1 Å². The minimum Gasteiger partial charge on any atom is -0.396 e. The Kier molecular flexibility index (Phi) is 5.88. The molecule has 0 atom stereocenters. The molecular formula is C14H20N4OS. The first kappa shape index (κ1) is 14.9. The number of aromatic nitrogens is 3. The molecule has 1 aromatic heterocycles. The largest absolute Gasteiger partial charge is 0.396 e. The number of benzene rings is 1. The van der Waals surface area contributed by atoms with E-state index in [1.807, 2.05) is 30.1 Å². The van der Waals surface area contributed by atoms with Crippen molar-refractivity contribution in [2.24, 2.45) is 0 Å². The van der Waals surface area contributed by atoms with Gasteiger partial charge in [0.05, 0.1) is 12.7 Å². The number of aliphatic hydroxyl groups excluding tert-OH is 1. The molecular weight excluding hydrogens is 272 g/mol. The molecule has 0 amide bonds. The molecule has 2 rings (SSSR count). The molecule has 0 radical (unpaired) electrons. The minimum atomic E-state index is 0.176. The topological polar surface area (TPSA) is 63.0 Å². The lowest BCUT2D eigenvalue weighted by atomic mass is 10.3. The van der Waals surface area contributed by atoms with Gasteiger partial charge in [0.25, 0.3) is 0 Å². The number of aryl methyl sites for hydroxylation is 1. The fourth-order valence-electron chi connectivity index (χ4n) is 1.84. The smallest absolute Gasteiger partial charge is 0.102 e. The Labute approximate surface area is 123 Å². The zero-order chi connectivity index (χ0) is 14.2. The van der Waals surface area contributed by atoms with Gasteiger partial charge >= 0.3 is 0 Å². The van der Waals surface area contributed by atoms with Crippen LogP contribution >= 0.6 is 11.8 Å². The molecule has 2 aromatic rings. The molecule has 0 spiro atoms. The Morgan fingerprint density at radius 2 is 2.20 bits per heavy atom. The van der Waals surface area contributed by atoms with Gasteiger partial charge in [0.1, 0.15) is 5.69 Å². The fourth-order valence-corrected chi connectivity index (χ4v) is 2.62. The number of nitrogens with one attached hydrogen (secondary N) is 1. The highest BCUT2D eigenvalue weighted by Crippen LogP contribution is 2.26. The number of para-hydroxylation sites is 1. The second-order valence-corrected chi connectivity index (χ2v) is 5.64. The van der Waals surface area contributed by atoms with Crippen LogP contribution in [0.4, 0.5) is 5.69 Å². The second-order valence-electron chi connectivity index (χ2n) is 4.33. The Balaban J connectivity index is 1.93. The highest BCUT2D eigenvalue weighted by molar-refractivity contribution is 7.99. The van der Waals surface area contributed by atoms with E-state index in [1.165, 1.54) is 4.90 Å². The number of aliphatic hydroxyl groups is 1. The molecule has 108 valence electrons. The molecule has 0 unspecified atom stereocenters. The predicted octanol–water partition coefficient (Wildman–Crippen LogP) is 2.38. The summed E-state index contributed by atoms with van der Waals surface area (Å²) in [5.74, 6) is 1.05. The van der Waals surface area contributed by atoms with Crippen molar-refractivity contribution < 1.29 is 5.11 Å². The molecule has 2 N–H and O–H groups in total. The molecule has 0 aliphatic carbocycles. The lowest BCUT2D eigenvalue weighted by Gasteiger charge is -2.09. The van der Waals surface area contributed by atoms with Crippen LogP contribution in [-0.4, -0.2) is 32.5 Å². The molecule has 0 fully saturated rings. The lowest BCUT2D eigenvalue weighted by Crippen LogP contribution is -2.01. The van der Waals surface area contributed by atoms with E-state index >= 15 is 0 Å². The zero-order valence-electron chi connectivity index (χ0n) is 11.6. The zero-order valence-corrected chi connectivity index (χ0v) is 12.4. The van der Waals surface area contributed by atoms with Gasteiger partial charge in [0.15, 0.2) is 0 Å². The van der Waals surface area contributed by atoms with E-state index in [1.54, 1.807) is 4.68 Å². The lowest BCUT2D eigenvalue weighted by molar-refractivity contribution is 0.276. The highest BCUT2D eigenvalue weighted by Gasteiger charge is 2.04. The van der Waals surface area contributed by atoms with Crippen LogP contribution in [0.1, 0.15) is 19.0 Å². The van der Waals surface area contributed by atoms with Crippen LogP contribution in [0.25, 0.3) is 0 Å². The molecule has 0 aliphatic rings. The van der Waals surface area contributed by atoms with Crippen LogP contribution in [0.5, 0.6) is 0 Å². The first-order chi connectivity index (χ1) is 9.83. The summed E-state index contributed by atoms with van der Waals surface area (Å²) in [7, 11) is 0. The van der Waals surface area contributed by atoms with Crippen LogP contribution in [0.15, 0.2) is 35.4 Å². The Bertz CT molecular complexity index is 529. The molecule has 5 nitrogen and oxygen atoms in total. The van der Waals surface area contributed by atoms with Gasteiger partial charge in [-0.2, -0.15) is 0 Å². The third kappa shape index (κ3) is 4.25. The van der Waals surface area contributed by atoms with Gasteiger partial charge in [-0.3, -0.25) is 4.68 Å². The Morgan fingerprint density at radius 3 is 3.00 bits per heavy atom. The maximum atomic E-state index is 8.79. The van der Waals surface area contributed by atoms with Crippen LogP contribution < -0.4 is 5.32 Å². The van der Waals surface area contributed by atoms with Gasteiger partial charge in [-0.1, -0.05) is 24.3 Å². The van der Waals surface area contributed by atoms with E-state index in [0.29, 0.717) is 19.5 Å². The summed E-state index contributed by atoms with van der Waals surface area (Å²) < 4.78 is 1.76. The van der Waals surface area contributed by atoms with Crippen molar-refractivity contribution in [2.75, 3.05) is 17.7 Å². The first-order valence-electron chi connectivity index (χ1n) is 6.79. The molecule has 6 heteroatoms. The average Bonchev–Trinajstić information content (AvgIpc) is 2.92.